The summed E-state index contributed by atoms with van der Waals surface area (Å²) in [4.78, 5) is 5.15. The maximum atomic E-state index is 2.62. The second-order valence-corrected chi connectivity index (χ2v) is 9.12. The molecule has 2 aliphatic rings. The summed E-state index contributed by atoms with van der Waals surface area (Å²) in [5.41, 5.74) is 11.1. The van der Waals surface area contributed by atoms with Crippen LogP contribution in [0.3, 0.4) is 0 Å². The lowest BCUT2D eigenvalue weighted by Crippen LogP contribution is -2.49. The van der Waals surface area contributed by atoms with E-state index in [0.29, 0.717) is 0 Å². The molecule has 5 rings (SSSR count). The van der Waals surface area contributed by atoms with Gasteiger partial charge in [0.05, 0.1) is 11.4 Å². The van der Waals surface area contributed by atoms with Crippen LogP contribution in [0.25, 0.3) is 11.1 Å². The van der Waals surface area contributed by atoms with Gasteiger partial charge in [-0.1, -0.05) is 48.5 Å². The van der Waals surface area contributed by atoms with Crippen molar-refractivity contribution in [2.75, 3.05) is 9.80 Å². The number of para-hydroxylation sites is 1. The standard InChI is InChI=1S/C26H28N2/c1-17-10-6-9-13-23(17)27-18(2)28(26(3,4)5)25-22-16-19-11-7-8-12-20(19)21(22)14-15-24(25)27/h6-15,18H,16H2,1-5H3/t18-/m1/s1. The Morgan fingerprint density at radius 3 is 2.29 bits per heavy atom. The average Bonchev–Trinajstić information content (AvgIpc) is 3.16. The highest BCUT2D eigenvalue weighted by Crippen LogP contribution is 2.54. The van der Waals surface area contributed by atoms with Crippen molar-refractivity contribution in [2.24, 2.45) is 0 Å². The number of fused-ring (bicyclic) bond motifs is 5. The molecule has 0 aromatic heterocycles. The van der Waals surface area contributed by atoms with Crippen LogP contribution in [0, 0.1) is 6.92 Å². The molecule has 1 aliphatic carbocycles. The minimum absolute atomic E-state index is 0.0372. The van der Waals surface area contributed by atoms with Gasteiger partial charge in [0.25, 0.3) is 0 Å². The molecule has 0 N–H and O–H groups in total. The minimum Gasteiger partial charge on any atom is -0.344 e. The monoisotopic (exact) mass is 368 g/mol. The molecule has 0 saturated carbocycles. The molecule has 0 amide bonds. The summed E-state index contributed by atoms with van der Waals surface area (Å²) in [7, 11) is 0. The first-order valence-corrected chi connectivity index (χ1v) is 10.3. The van der Waals surface area contributed by atoms with Crippen LogP contribution in [0.5, 0.6) is 0 Å². The van der Waals surface area contributed by atoms with E-state index in [2.05, 4.69) is 105 Å². The zero-order valence-electron chi connectivity index (χ0n) is 17.5. The zero-order chi connectivity index (χ0) is 19.6. The second-order valence-electron chi connectivity index (χ2n) is 9.12. The van der Waals surface area contributed by atoms with E-state index >= 15 is 0 Å². The van der Waals surface area contributed by atoms with Crippen molar-refractivity contribution in [3.8, 4) is 11.1 Å². The number of hydrogen-bond acceptors (Lipinski definition) is 2. The quantitative estimate of drug-likeness (QED) is 0.370. The van der Waals surface area contributed by atoms with E-state index in [1.54, 1.807) is 0 Å². The Morgan fingerprint density at radius 1 is 0.821 bits per heavy atom. The normalized spacial score (nSPS) is 17.5. The Hall–Kier alpha value is -2.74. The molecule has 142 valence electrons. The second kappa shape index (κ2) is 5.88. The van der Waals surface area contributed by atoms with Gasteiger partial charge in [-0.3, -0.25) is 0 Å². The molecule has 0 spiro atoms. The summed E-state index contributed by atoms with van der Waals surface area (Å²) in [6, 6.07) is 22.3. The molecule has 3 aromatic carbocycles. The van der Waals surface area contributed by atoms with E-state index < -0.39 is 0 Å². The molecule has 28 heavy (non-hydrogen) atoms. The van der Waals surface area contributed by atoms with Crippen LogP contribution < -0.4 is 9.80 Å². The summed E-state index contributed by atoms with van der Waals surface area (Å²) in [5, 5.41) is 0. The number of hydrogen-bond donors (Lipinski definition) is 0. The van der Waals surface area contributed by atoms with E-state index in [9.17, 15) is 0 Å². The van der Waals surface area contributed by atoms with Gasteiger partial charge in [0.15, 0.2) is 0 Å². The fourth-order valence-corrected chi connectivity index (χ4v) is 5.21. The third-order valence-corrected chi connectivity index (χ3v) is 6.28. The van der Waals surface area contributed by atoms with Crippen molar-refractivity contribution in [3.63, 3.8) is 0 Å². The molecule has 2 nitrogen and oxygen atoms in total. The highest BCUT2D eigenvalue weighted by molar-refractivity contribution is 5.94. The summed E-state index contributed by atoms with van der Waals surface area (Å²) in [6.45, 7) is 11.5. The SMILES string of the molecule is Cc1ccccc1N1c2ccc3c(c2N(C(C)(C)C)[C@@H]1C)Cc1ccccc1-3. The lowest BCUT2D eigenvalue weighted by molar-refractivity contribution is 0.467. The number of nitrogens with zero attached hydrogens (tertiary/aromatic N) is 2. The van der Waals surface area contributed by atoms with Gasteiger partial charge >= 0.3 is 0 Å². The van der Waals surface area contributed by atoms with Gasteiger partial charge in [0.1, 0.15) is 6.17 Å². The fraction of sp³-hybridized carbons (Fsp3) is 0.308. The third-order valence-electron chi connectivity index (χ3n) is 6.28. The van der Waals surface area contributed by atoms with Crippen LogP contribution in [0.1, 0.15) is 44.4 Å². The van der Waals surface area contributed by atoms with Crippen molar-refractivity contribution in [3.05, 3.63) is 77.4 Å². The van der Waals surface area contributed by atoms with Crippen LogP contribution in [-0.4, -0.2) is 11.7 Å². The fourth-order valence-electron chi connectivity index (χ4n) is 5.21. The number of aryl methyl sites for hydroxylation is 1. The molecular weight excluding hydrogens is 340 g/mol. The van der Waals surface area contributed by atoms with Crippen molar-refractivity contribution in [1.29, 1.82) is 0 Å². The van der Waals surface area contributed by atoms with Crippen molar-refractivity contribution in [2.45, 2.75) is 52.7 Å². The smallest absolute Gasteiger partial charge is 0.104 e. The number of rotatable bonds is 1. The number of anilines is 3. The van der Waals surface area contributed by atoms with E-state index in [-0.39, 0.29) is 11.7 Å². The van der Waals surface area contributed by atoms with Crippen LogP contribution >= 0.6 is 0 Å². The molecule has 0 bridgehead atoms. The highest BCUT2D eigenvalue weighted by atomic mass is 15.4. The first kappa shape index (κ1) is 17.4. The summed E-state index contributed by atoms with van der Waals surface area (Å²) < 4.78 is 0. The Morgan fingerprint density at radius 2 is 1.54 bits per heavy atom. The first-order chi connectivity index (χ1) is 13.4. The molecular formula is C26H28N2. The molecule has 0 radical (unpaired) electrons. The van der Waals surface area contributed by atoms with Crippen molar-refractivity contribution >= 4 is 17.1 Å². The van der Waals surface area contributed by atoms with Crippen molar-refractivity contribution in [1.82, 2.24) is 0 Å². The first-order valence-electron chi connectivity index (χ1n) is 10.3. The van der Waals surface area contributed by atoms with E-state index in [1.807, 2.05) is 0 Å². The maximum absolute atomic E-state index is 2.62. The summed E-state index contributed by atoms with van der Waals surface area (Å²) >= 11 is 0. The summed E-state index contributed by atoms with van der Waals surface area (Å²) in [5.74, 6) is 0. The minimum atomic E-state index is 0.0372. The lowest BCUT2D eigenvalue weighted by atomic mass is 9.99. The van der Waals surface area contributed by atoms with Gasteiger partial charge in [0.2, 0.25) is 0 Å². The highest BCUT2D eigenvalue weighted by Gasteiger charge is 2.42. The Balaban J connectivity index is 1.77. The van der Waals surface area contributed by atoms with Gasteiger partial charge in [-0.15, -0.1) is 0 Å². The van der Waals surface area contributed by atoms with Crippen LogP contribution in [0.15, 0.2) is 60.7 Å². The van der Waals surface area contributed by atoms with E-state index in [4.69, 9.17) is 0 Å². The molecule has 3 aromatic rings. The third kappa shape index (κ3) is 2.33. The van der Waals surface area contributed by atoms with Gasteiger partial charge in [-0.05, 0) is 74.6 Å². The van der Waals surface area contributed by atoms with Gasteiger partial charge in [0, 0.05) is 17.6 Å². The van der Waals surface area contributed by atoms with Crippen LogP contribution in [0.2, 0.25) is 0 Å². The van der Waals surface area contributed by atoms with Gasteiger partial charge in [-0.25, -0.2) is 0 Å². The lowest BCUT2D eigenvalue weighted by Gasteiger charge is -2.40. The van der Waals surface area contributed by atoms with Crippen molar-refractivity contribution < 1.29 is 0 Å². The van der Waals surface area contributed by atoms with Crippen LogP contribution in [-0.2, 0) is 6.42 Å². The molecule has 1 aliphatic heterocycles. The largest absolute Gasteiger partial charge is 0.344 e. The number of benzene rings is 3. The molecule has 2 heteroatoms. The average molecular weight is 369 g/mol. The van der Waals surface area contributed by atoms with Crippen LogP contribution in [0.4, 0.5) is 17.1 Å². The molecule has 0 saturated heterocycles. The summed E-state index contributed by atoms with van der Waals surface area (Å²) in [6.07, 6.45) is 1.29. The van der Waals surface area contributed by atoms with E-state index in [1.165, 1.54) is 44.9 Å². The maximum Gasteiger partial charge on any atom is 0.104 e. The van der Waals surface area contributed by atoms with Gasteiger partial charge in [-0.2, -0.15) is 0 Å². The predicted molar refractivity (Wildman–Crippen MR) is 120 cm³/mol. The zero-order valence-corrected chi connectivity index (χ0v) is 17.5. The Bertz CT molecular complexity index is 1070. The molecule has 1 atom stereocenters. The topological polar surface area (TPSA) is 6.48 Å². The molecule has 0 unspecified atom stereocenters. The molecule has 0 fully saturated rings. The van der Waals surface area contributed by atoms with Gasteiger partial charge < -0.3 is 9.80 Å². The molecule has 1 heterocycles. The Kier molecular flexibility index (Phi) is 3.64. The Labute approximate surface area is 168 Å². The van der Waals surface area contributed by atoms with E-state index in [0.717, 1.165) is 6.42 Å². The predicted octanol–water partition coefficient (Wildman–Crippen LogP) is 6.67.